The fourth-order valence-electron chi connectivity index (χ4n) is 1.63. The third-order valence-corrected chi connectivity index (χ3v) is 2.53. The van der Waals surface area contributed by atoms with E-state index in [4.69, 9.17) is 9.47 Å². The van der Waals surface area contributed by atoms with E-state index in [1.165, 1.54) is 5.56 Å². The first-order chi connectivity index (χ1) is 7.28. The Balaban J connectivity index is 1.85. The van der Waals surface area contributed by atoms with Crippen molar-refractivity contribution in [2.75, 3.05) is 27.3 Å². The molecule has 1 heterocycles. The van der Waals surface area contributed by atoms with E-state index >= 15 is 0 Å². The van der Waals surface area contributed by atoms with Gasteiger partial charge in [0.2, 0.25) is 0 Å². The highest BCUT2D eigenvalue weighted by molar-refractivity contribution is 5.27. The van der Waals surface area contributed by atoms with Crippen molar-refractivity contribution in [1.82, 2.24) is 4.90 Å². The van der Waals surface area contributed by atoms with Crippen LogP contribution in [0.5, 0.6) is 5.75 Å². The number of ether oxygens (including phenoxy) is 2. The lowest BCUT2D eigenvalue weighted by Gasteiger charge is -2.15. The molecule has 1 saturated heterocycles. The topological polar surface area (TPSA) is 25.0 Å². The highest BCUT2D eigenvalue weighted by Crippen LogP contribution is 2.14. The molecule has 0 saturated carbocycles. The predicted molar refractivity (Wildman–Crippen MR) is 59.1 cm³/mol. The van der Waals surface area contributed by atoms with Crippen LogP contribution in [0.2, 0.25) is 0 Å². The van der Waals surface area contributed by atoms with Gasteiger partial charge in [0, 0.05) is 13.1 Å². The lowest BCUT2D eigenvalue weighted by Crippen LogP contribution is -2.22. The molecule has 0 spiro atoms. The van der Waals surface area contributed by atoms with Gasteiger partial charge < -0.3 is 9.47 Å². The van der Waals surface area contributed by atoms with E-state index in [0.717, 1.165) is 25.4 Å². The zero-order chi connectivity index (χ0) is 10.7. The van der Waals surface area contributed by atoms with Crippen LogP contribution in [0.1, 0.15) is 5.56 Å². The van der Waals surface area contributed by atoms with Crippen LogP contribution in [-0.2, 0) is 11.3 Å². The number of likely N-dealkylation sites (N-methyl/N-ethyl adjacent to an activating group) is 1. The van der Waals surface area contributed by atoms with Crippen LogP contribution in [0.3, 0.4) is 0 Å². The maximum atomic E-state index is 5.19. The molecule has 1 atom stereocenters. The maximum absolute atomic E-state index is 5.19. The van der Waals surface area contributed by atoms with Gasteiger partial charge in [0.25, 0.3) is 0 Å². The molecule has 2 rings (SSSR count). The molecule has 0 aliphatic carbocycles. The first kappa shape index (κ1) is 10.5. The zero-order valence-electron chi connectivity index (χ0n) is 9.27. The van der Waals surface area contributed by atoms with Gasteiger partial charge in [0.05, 0.1) is 19.8 Å². The van der Waals surface area contributed by atoms with Crippen LogP contribution in [0.15, 0.2) is 24.3 Å². The van der Waals surface area contributed by atoms with Crippen LogP contribution < -0.4 is 4.74 Å². The Labute approximate surface area is 90.6 Å². The Morgan fingerprint density at radius 1 is 1.40 bits per heavy atom. The van der Waals surface area contributed by atoms with E-state index in [0.29, 0.717) is 6.10 Å². The van der Waals surface area contributed by atoms with Gasteiger partial charge in [-0.1, -0.05) is 12.1 Å². The highest BCUT2D eigenvalue weighted by atomic mass is 16.6. The van der Waals surface area contributed by atoms with Gasteiger partial charge in [0.1, 0.15) is 5.75 Å². The van der Waals surface area contributed by atoms with Crippen molar-refractivity contribution in [2.24, 2.45) is 0 Å². The van der Waals surface area contributed by atoms with Crippen LogP contribution in [0.25, 0.3) is 0 Å². The fraction of sp³-hybridized carbons (Fsp3) is 0.500. The molecule has 82 valence electrons. The standard InChI is InChI=1S/C12H17NO2/c1-13(8-12-9-15-12)7-10-3-5-11(14-2)6-4-10/h3-6,12H,7-9H2,1-2H3. The smallest absolute Gasteiger partial charge is 0.118 e. The molecule has 0 bridgehead atoms. The van der Waals surface area contributed by atoms with Gasteiger partial charge in [-0.3, -0.25) is 4.90 Å². The van der Waals surface area contributed by atoms with E-state index in [1.54, 1.807) is 7.11 Å². The molecule has 0 amide bonds. The molecule has 3 nitrogen and oxygen atoms in total. The molecule has 1 aliphatic rings. The first-order valence-electron chi connectivity index (χ1n) is 5.21. The van der Waals surface area contributed by atoms with E-state index in [1.807, 2.05) is 12.1 Å². The number of hydrogen-bond donors (Lipinski definition) is 0. The van der Waals surface area contributed by atoms with Gasteiger partial charge in [0.15, 0.2) is 0 Å². The summed E-state index contributed by atoms with van der Waals surface area (Å²) in [5.74, 6) is 0.909. The van der Waals surface area contributed by atoms with Crippen molar-refractivity contribution in [3.8, 4) is 5.75 Å². The lowest BCUT2D eigenvalue weighted by atomic mass is 10.2. The summed E-state index contributed by atoms with van der Waals surface area (Å²) in [6.07, 6.45) is 0.466. The minimum absolute atomic E-state index is 0.466. The Kier molecular flexibility index (Phi) is 3.23. The highest BCUT2D eigenvalue weighted by Gasteiger charge is 2.23. The Morgan fingerprint density at radius 3 is 2.60 bits per heavy atom. The summed E-state index contributed by atoms with van der Waals surface area (Å²) in [6, 6.07) is 8.19. The largest absolute Gasteiger partial charge is 0.497 e. The molecular weight excluding hydrogens is 190 g/mol. The van der Waals surface area contributed by atoms with Crippen LogP contribution in [0.4, 0.5) is 0 Å². The predicted octanol–water partition coefficient (Wildman–Crippen LogP) is 1.53. The summed E-state index contributed by atoms with van der Waals surface area (Å²) < 4.78 is 10.3. The molecule has 1 aromatic rings. The van der Waals surface area contributed by atoms with Gasteiger partial charge in [-0.15, -0.1) is 0 Å². The number of methoxy groups -OCH3 is 1. The van der Waals surface area contributed by atoms with Gasteiger partial charge in [-0.2, -0.15) is 0 Å². The Bertz CT molecular complexity index is 306. The molecule has 1 fully saturated rings. The van der Waals surface area contributed by atoms with Crippen molar-refractivity contribution in [3.63, 3.8) is 0 Å². The second-order valence-corrected chi connectivity index (χ2v) is 4.00. The number of hydrogen-bond acceptors (Lipinski definition) is 3. The molecule has 15 heavy (non-hydrogen) atoms. The number of benzene rings is 1. The van der Waals surface area contributed by atoms with Crippen molar-refractivity contribution >= 4 is 0 Å². The normalized spacial score (nSPS) is 19.3. The molecule has 0 radical (unpaired) electrons. The van der Waals surface area contributed by atoms with Gasteiger partial charge >= 0.3 is 0 Å². The Morgan fingerprint density at radius 2 is 2.07 bits per heavy atom. The third kappa shape index (κ3) is 3.22. The average molecular weight is 207 g/mol. The average Bonchev–Trinajstić information content (AvgIpc) is 3.03. The van der Waals surface area contributed by atoms with Crippen LogP contribution in [0, 0.1) is 0 Å². The zero-order valence-corrected chi connectivity index (χ0v) is 9.27. The fourth-order valence-corrected chi connectivity index (χ4v) is 1.63. The third-order valence-electron chi connectivity index (χ3n) is 2.53. The van der Waals surface area contributed by atoms with E-state index < -0.39 is 0 Å². The summed E-state index contributed by atoms with van der Waals surface area (Å²) in [7, 11) is 3.80. The van der Waals surface area contributed by atoms with E-state index in [-0.39, 0.29) is 0 Å². The van der Waals surface area contributed by atoms with Crippen molar-refractivity contribution in [2.45, 2.75) is 12.6 Å². The van der Waals surface area contributed by atoms with Gasteiger partial charge in [-0.05, 0) is 24.7 Å². The number of nitrogens with zero attached hydrogens (tertiary/aromatic N) is 1. The van der Waals surface area contributed by atoms with Crippen LogP contribution in [-0.4, -0.2) is 38.3 Å². The van der Waals surface area contributed by atoms with Crippen LogP contribution >= 0.6 is 0 Å². The summed E-state index contributed by atoms with van der Waals surface area (Å²) in [4.78, 5) is 2.28. The molecule has 3 heteroatoms. The number of epoxide rings is 1. The molecule has 1 aromatic carbocycles. The van der Waals surface area contributed by atoms with Crippen molar-refractivity contribution in [1.29, 1.82) is 0 Å². The second kappa shape index (κ2) is 4.64. The molecule has 0 N–H and O–H groups in total. The van der Waals surface area contributed by atoms with E-state index in [9.17, 15) is 0 Å². The summed E-state index contributed by atoms with van der Waals surface area (Å²) >= 11 is 0. The Hall–Kier alpha value is -1.06. The monoisotopic (exact) mass is 207 g/mol. The molecule has 0 aromatic heterocycles. The summed E-state index contributed by atoms with van der Waals surface area (Å²) in [6.45, 7) is 2.91. The quantitative estimate of drug-likeness (QED) is 0.684. The summed E-state index contributed by atoms with van der Waals surface area (Å²) in [5, 5.41) is 0. The SMILES string of the molecule is COc1ccc(CN(C)CC2CO2)cc1. The minimum Gasteiger partial charge on any atom is -0.497 e. The second-order valence-electron chi connectivity index (χ2n) is 4.00. The summed E-state index contributed by atoms with van der Waals surface area (Å²) in [5.41, 5.74) is 1.30. The first-order valence-corrected chi connectivity index (χ1v) is 5.21. The number of rotatable bonds is 5. The van der Waals surface area contributed by atoms with Crippen molar-refractivity contribution in [3.05, 3.63) is 29.8 Å². The maximum Gasteiger partial charge on any atom is 0.118 e. The molecular formula is C12H17NO2. The van der Waals surface area contributed by atoms with Crippen molar-refractivity contribution < 1.29 is 9.47 Å². The minimum atomic E-state index is 0.466. The van der Waals surface area contributed by atoms with E-state index in [2.05, 4.69) is 24.1 Å². The van der Waals surface area contributed by atoms with Gasteiger partial charge in [-0.25, -0.2) is 0 Å². The molecule has 1 unspecified atom stereocenters. The molecule has 1 aliphatic heterocycles. The lowest BCUT2D eigenvalue weighted by molar-refractivity contribution is 0.278.